The predicted octanol–water partition coefficient (Wildman–Crippen LogP) is 3.89. The monoisotopic (exact) mass is 253 g/mol. The lowest BCUT2D eigenvalue weighted by molar-refractivity contribution is -0.0917. The highest BCUT2D eigenvalue weighted by molar-refractivity contribution is 4.96. The van der Waals surface area contributed by atoms with Crippen molar-refractivity contribution in [1.29, 1.82) is 0 Å². The molecule has 2 nitrogen and oxygen atoms in total. The van der Waals surface area contributed by atoms with Gasteiger partial charge in [0, 0.05) is 12.6 Å². The van der Waals surface area contributed by atoms with E-state index in [1.807, 2.05) is 0 Å². The van der Waals surface area contributed by atoms with E-state index in [0.717, 1.165) is 19.1 Å². The summed E-state index contributed by atoms with van der Waals surface area (Å²) >= 11 is 0. The van der Waals surface area contributed by atoms with Crippen LogP contribution in [0.5, 0.6) is 0 Å². The van der Waals surface area contributed by atoms with E-state index in [0.29, 0.717) is 6.04 Å². The van der Waals surface area contributed by atoms with Gasteiger partial charge in [0.1, 0.15) is 0 Å². The Labute approximate surface area is 113 Å². The second-order valence-electron chi connectivity index (χ2n) is 6.19. The summed E-state index contributed by atoms with van der Waals surface area (Å²) in [5, 5.41) is 3.74. The van der Waals surface area contributed by atoms with Crippen LogP contribution in [0.25, 0.3) is 0 Å². The minimum atomic E-state index is 0.151. The molecule has 0 saturated heterocycles. The van der Waals surface area contributed by atoms with Gasteiger partial charge < -0.3 is 10.1 Å². The van der Waals surface area contributed by atoms with E-state index < -0.39 is 0 Å². The van der Waals surface area contributed by atoms with Crippen LogP contribution in [0.4, 0.5) is 0 Å². The Morgan fingerprint density at radius 2 is 1.89 bits per heavy atom. The van der Waals surface area contributed by atoms with Gasteiger partial charge in [-0.15, -0.1) is 0 Å². The van der Waals surface area contributed by atoms with Gasteiger partial charge >= 0.3 is 0 Å². The van der Waals surface area contributed by atoms with Crippen molar-refractivity contribution in [3.63, 3.8) is 0 Å². The number of nitrogens with one attached hydrogen (secondary N) is 1. The second kappa shape index (κ2) is 6.91. The number of hydrogen-bond donors (Lipinski definition) is 1. The molecule has 0 amide bonds. The van der Waals surface area contributed by atoms with Crippen molar-refractivity contribution in [2.24, 2.45) is 5.92 Å². The van der Waals surface area contributed by atoms with Crippen molar-refractivity contribution < 1.29 is 4.74 Å². The molecule has 2 rings (SSSR count). The molecule has 2 fully saturated rings. The maximum atomic E-state index is 6.28. The third kappa shape index (κ3) is 3.71. The lowest BCUT2D eigenvalue weighted by Gasteiger charge is -2.44. The van der Waals surface area contributed by atoms with Gasteiger partial charge in [0.05, 0.1) is 5.60 Å². The van der Waals surface area contributed by atoms with Crippen LogP contribution >= 0.6 is 0 Å². The first kappa shape index (κ1) is 14.3. The van der Waals surface area contributed by atoms with Crippen LogP contribution in [0.3, 0.4) is 0 Å². The molecule has 0 spiro atoms. The smallest absolute Gasteiger partial charge is 0.0834 e. The highest BCUT2D eigenvalue weighted by Crippen LogP contribution is 2.39. The van der Waals surface area contributed by atoms with Crippen molar-refractivity contribution in [1.82, 2.24) is 5.32 Å². The van der Waals surface area contributed by atoms with E-state index in [2.05, 4.69) is 19.2 Å². The normalized spacial score (nSPS) is 25.0. The highest BCUT2D eigenvalue weighted by atomic mass is 16.5. The van der Waals surface area contributed by atoms with Crippen LogP contribution in [0.1, 0.15) is 71.6 Å². The standard InChI is InChI=1S/C16H31NO/c1-3-17-15(11-10-14-8-9-14)16(18-4-2)12-6-5-7-13-16/h14-15,17H,3-13H2,1-2H3. The zero-order valence-corrected chi connectivity index (χ0v) is 12.3. The largest absolute Gasteiger partial charge is 0.374 e. The fourth-order valence-corrected chi connectivity index (χ4v) is 3.64. The molecule has 1 atom stereocenters. The van der Waals surface area contributed by atoms with Gasteiger partial charge in [-0.25, -0.2) is 0 Å². The molecule has 0 aromatic carbocycles. The Balaban J connectivity index is 1.96. The summed E-state index contributed by atoms with van der Waals surface area (Å²) in [5.41, 5.74) is 0.151. The Morgan fingerprint density at radius 3 is 2.44 bits per heavy atom. The molecule has 18 heavy (non-hydrogen) atoms. The van der Waals surface area contributed by atoms with Crippen molar-refractivity contribution >= 4 is 0 Å². The number of ether oxygens (including phenoxy) is 1. The molecule has 2 aliphatic rings. The molecule has 106 valence electrons. The molecule has 1 N–H and O–H groups in total. The van der Waals surface area contributed by atoms with E-state index in [9.17, 15) is 0 Å². The molecule has 0 radical (unpaired) electrons. The average Bonchev–Trinajstić information content (AvgIpc) is 3.20. The molecular formula is C16H31NO. The molecule has 0 aliphatic heterocycles. The molecule has 0 aromatic heterocycles. The van der Waals surface area contributed by atoms with Gasteiger partial charge in [0.15, 0.2) is 0 Å². The molecule has 2 saturated carbocycles. The summed E-state index contributed by atoms with van der Waals surface area (Å²) < 4.78 is 6.28. The van der Waals surface area contributed by atoms with Crippen LogP contribution in [-0.4, -0.2) is 24.8 Å². The quantitative estimate of drug-likeness (QED) is 0.708. The Morgan fingerprint density at radius 1 is 1.17 bits per heavy atom. The van der Waals surface area contributed by atoms with Gasteiger partial charge in [0.2, 0.25) is 0 Å². The molecular weight excluding hydrogens is 222 g/mol. The minimum Gasteiger partial charge on any atom is -0.374 e. The fourth-order valence-electron chi connectivity index (χ4n) is 3.64. The van der Waals surface area contributed by atoms with E-state index >= 15 is 0 Å². The van der Waals surface area contributed by atoms with Gasteiger partial charge in [-0.05, 0) is 45.1 Å². The molecule has 0 aromatic rings. The summed E-state index contributed by atoms with van der Waals surface area (Å²) in [5.74, 6) is 1.04. The predicted molar refractivity (Wildman–Crippen MR) is 76.9 cm³/mol. The maximum Gasteiger partial charge on any atom is 0.0834 e. The van der Waals surface area contributed by atoms with E-state index in [1.165, 1.54) is 57.8 Å². The van der Waals surface area contributed by atoms with Crippen molar-refractivity contribution in [2.75, 3.05) is 13.2 Å². The maximum absolute atomic E-state index is 6.28. The highest BCUT2D eigenvalue weighted by Gasteiger charge is 2.40. The van der Waals surface area contributed by atoms with E-state index in [4.69, 9.17) is 4.74 Å². The number of rotatable bonds is 8. The summed E-state index contributed by atoms with van der Waals surface area (Å²) in [6, 6.07) is 0.586. The number of hydrogen-bond acceptors (Lipinski definition) is 2. The summed E-state index contributed by atoms with van der Waals surface area (Å²) in [4.78, 5) is 0. The molecule has 0 bridgehead atoms. The topological polar surface area (TPSA) is 21.3 Å². The molecule has 2 aliphatic carbocycles. The first-order valence-corrected chi connectivity index (χ1v) is 8.18. The Hall–Kier alpha value is -0.0800. The van der Waals surface area contributed by atoms with Gasteiger partial charge in [-0.2, -0.15) is 0 Å². The molecule has 1 unspecified atom stereocenters. The van der Waals surface area contributed by atoms with Crippen molar-refractivity contribution in [2.45, 2.75) is 83.3 Å². The first-order valence-electron chi connectivity index (χ1n) is 8.18. The SMILES string of the molecule is CCNC(CCC1CC1)C1(OCC)CCCCC1. The summed E-state index contributed by atoms with van der Waals surface area (Å²) in [6.45, 7) is 6.32. The van der Waals surface area contributed by atoms with Crippen LogP contribution in [-0.2, 0) is 4.74 Å². The lowest BCUT2D eigenvalue weighted by Crippen LogP contribution is -2.53. The van der Waals surface area contributed by atoms with E-state index in [1.54, 1.807) is 0 Å². The third-order valence-corrected chi connectivity index (χ3v) is 4.78. The summed E-state index contributed by atoms with van der Waals surface area (Å²) in [7, 11) is 0. The average molecular weight is 253 g/mol. The van der Waals surface area contributed by atoms with Crippen molar-refractivity contribution in [3.8, 4) is 0 Å². The van der Waals surface area contributed by atoms with Crippen LogP contribution in [0.15, 0.2) is 0 Å². The fraction of sp³-hybridized carbons (Fsp3) is 1.00. The van der Waals surface area contributed by atoms with Crippen molar-refractivity contribution in [3.05, 3.63) is 0 Å². The van der Waals surface area contributed by atoms with Crippen LogP contribution in [0, 0.1) is 5.92 Å². The zero-order chi connectivity index (χ0) is 12.8. The zero-order valence-electron chi connectivity index (χ0n) is 12.3. The first-order chi connectivity index (χ1) is 8.80. The number of likely N-dealkylation sites (N-methyl/N-ethyl adjacent to an activating group) is 1. The Kier molecular flexibility index (Phi) is 5.50. The van der Waals surface area contributed by atoms with Gasteiger partial charge in [0.25, 0.3) is 0 Å². The molecule has 2 heteroatoms. The molecule has 0 heterocycles. The van der Waals surface area contributed by atoms with Gasteiger partial charge in [-0.3, -0.25) is 0 Å². The second-order valence-corrected chi connectivity index (χ2v) is 6.19. The summed E-state index contributed by atoms with van der Waals surface area (Å²) in [6.07, 6.45) is 12.3. The Bertz CT molecular complexity index is 226. The van der Waals surface area contributed by atoms with E-state index in [-0.39, 0.29) is 5.60 Å². The van der Waals surface area contributed by atoms with Crippen LogP contribution < -0.4 is 5.32 Å². The third-order valence-electron chi connectivity index (χ3n) is 4.78. The van der Waals surface area contributed by atoms with Gasteiger partial charge in [-0.1, -0.05) is 39.0 Å². The minimum absolute atomic E-state index is 0.151. The van der Waals surface area contributed by atoms with Crippen LogP contribution in [0.2, 0.25) is 0 Å². The lowest BCUT2D eigenvalue weighted by atomic mass is 9.77.